The molecule has 4 nitrogen and oxygen atoms in total. The third kappa shape index (κ3) is 0.988. The Morgan fingerprint density at radius 1 is 1.36 bits per heavy atom. The monoisotopic (exact) mass is 166 g/mol. The van der Waals surface area contributed by atoms with Gasteiger partial charge in [0.2, 0.25) is 0 Å². The molecule has 2 aromatic heterocycles. The van der Waals surface area contributed by atoms with Crippen LogP contribution in [0.25, 0.3) is 5.69 Å². The van der Waals surface area contributed by atoms with Crippen LogP contribution in [0.2, 0.25) is 0 Å². The Morgan fingerprint density at radius 3 is 2.64 bits per heavy atom. The minimum absolute atomic E-state index is 0.737. The summed E-state index contributed by atoms with van der Waals surface area (Å²) in [5, 5.41) is 10.6. The molecule has 2 rings (SSSR count). The fourth-order valence-corrected chi connectivity index (χ4v) is 1.43. The van der Waals surface area contributed by atoms with Gasteiger partial charge in [-0.2, -0.15) is 10.2 Å². The van der Waals surface area contributed by atoms with Crippen LogP contribution < -0.4 is 5.73 Å². The first kappa shape index (κ1) is 6.36. The molecule has 0 aliphatic heterocycles. The van der Waals surface area contributed by atoms with Gasteiger partial charge in [0.05, 0.1) is 12.4 Å². The SMILES string of the molecule is Nc1sccc1-n1nccn1. The third-order valence-corrected chi connectivity index (χ3v) is 2.04. The lowest BCUT2D eigenvalue weighted by Crippen LogP contribution is -1.99. The maximum Gasteiger partial charge on any atom is 0.120 e. The number of nitrogens with two attached hydrogens (primary N) is 1. The second kappa shape index (κ2) is 2.35. The molecule has 0 fully saturated rings. The van der Waals surface area contributed by atoms with Crippen LogP contribution in [0.4, 0.5) is 5.00 Å². The van der Waals surface area contributed by atoms with Crippen molar-refractivity contribution in [2.24, 2.45) is 0 Å². The summed E-state index contributed by atoms with van der Waals surface area (Å²) in [6.07, 6.45) is 3.24. The van der Waals surface area contributed by atoms with Gasteiger partial charge in [0.1, 0.15) is 10.7 Å². The molecule has 56 valence electrons. The smallest absolute Gasteiger partial charge is 0.120 e. The Kier molecular flexibility index (Phi) is 1.36. The fraction of sp³-hybridized carbons (Fsp3) is 0. The van der Waals surface area contributed by atoms with E-state index in [9.17, 15) is 0 Å². The zero-order valence-electron chi connectivity index (χ0n) is 5.64. The molecule has 0 spiro atoms. The number of nitrogens with zero attached hydrogens (tertiary/aromatic N) is 3. The summed E-state index contributed by atoms with van der Waals surface area (Å²) in [5.74, 6) is 0. The molecule has 0 atom stereocenters. The van der Waals surface area contributed by atoms with E-state index in [4.69, 9.17) is 5.73 Å². The highest BCUT2D eigenvalue weighted by molar-refractivity contribution is 7.14. The summed E-state index contributed by atoms with van der Waals surface area (Å²) in [7, 11) is 0. The Morgan fingerprint density at radius 2 is 2.09 bits per heavy atom. The van der Waals surface area contributed by atoms with Crippen LogP contribution in [-0.4, -0.2) is 15.0 Å². The Bertz CT molecular complexity index is 337. The topological polar surface area (TPSA) is 56.7 Å². The lowest BCUT2D eigenvalue weighted by Gasteiger charge is -1.94. The molecule has 0 aliphatic rings. The third-order valence-electron chi connectivity index (χ3n) is 1.31. The van der Waals surface area contributed by atoms with Crippen molar-refractivity contribution in [3.63, 3.8) is 0 Å². The molecule has 0 amide bonds. The van der Waals surface area contributed by atoms with Crippen molar-refractivity contribution < 1.29 is 0 Å². The molecule has 11 heavy (non-hydrogen) atoms. The van der Waals surface area contributed by atoms with Crippen LogP contribution in [0.15, 0.2) is 23.8 Å². The van der Waals surface area contributed by atoms with E-state index in [-0.39, 0.29) is 0 Å². The van der Waals surface area contributed by atoms with Crippen molar-refractivity contribution in [1.29, 1.82) is 0 Å². The van der Waals surface area contributed by atoms with Gasteiger partial charge in [-0.3, -0.25) is 0 Å². The zero-order valence-corrected chi connectivity index (χ0v) is 6.45. The van der Waals surface area contributed by atoms with E-state index in [0.717, 1.165) is 10.7 Å². The normalized spacial score (nSPS) is 10.2. The highest BCUT2D eigenvalue weighted by Crippen LogP contribution is 2.21. The molecule has 2 N–H and O–H groups in total. The van der Waals surface area contributed by atoms with E-state index < -0.39 is 0 Å². The number of thiophene rings is 1. The molecule has 0 saturated carbocycles. The maximum atomic E-state index is 5.65. The van der Waals surface area contributed by atoms with Crippen molar-refractivity contribution in [1.82, 2.24) is 15.0 Å². The molecule has 0 saturated heterocycles. The van der Waals surface area contributed by atoms with Crippen molar-refractivity contribution >= 4 is 16.3 Å². The van der Waals surface area contributed by atoms with E-state index in [1.165, 1.54) is 16.1 Å². The molecular formula is C6H6N4S. The predicted octanol–water partition coefficient (Wildman–Crippen LogP) is 0.911. The number of hydrogen-bond acceptors (Lipinski definition) is 4. The van der Waals surface area contributed by atoms with E-state index in [0.29, 0.717) is 0 Å². The van der Waals surface area contributed by atoms with Crippen molar-refractivity contribution in [3.05, 3.63) is 23.8 Å². The predicted molar refractivity (Wildman–Crippen MR) is 43.6 cm³/mol. The number of rotatable bonds is 1. The van der Waals surface area contributed by atoms with Gasteiger partial charge < -0.3 is 5.73 Å². The van der Waals surface area contributed by atoms with E-state index in [1.54, 1.807) is 12.4 Å². The molecule has 2 aromatic rings. The summed E-state index contributed by atoms with van der Waals surface area (Å²) in [5.41, 5.74) is 6.50. The minimum Gasteiger partial charge on any atom is -0.389 e. The molecule has 5 heteroatoms. The Hall–Kier alpha value is -1.36. The van der Waals surface area contributed by atoms with Gasteiger partial charge >= 0.3 is 0 Å². The highest BCUT2D eigenvalue weighted by Gasteiger charge is 2.02. The van der Waals surface area contributed by atoms with Gasteiger partial charge in [-0.15, -0.1) is 16.1 Å². The van der Waals surface area contributed by atoms with Gasteiger partial charge in [0, 0.05) is 0 Å². The van der Waals surface area contributed by atoms with Crippen LogP contribution >= 0.6 is 11.3 Å². The fourth-order valence-electron chi connectivity index (χ4n) is 0.820. The van der Waals surface area contributed by atoms with E-state index in [2.05, 4.69) is 10.2 Å². The molecule has 0 radical (unpaired) electrons. The minimum atomic E-state index is 0.737. The summed E-state index contributed by atoms with van der Waals surface area (Å²) < 4.78 is 0. The second-order valence-corrected chi connectivity index (χ2v) is 2.94. The molecule has 2 heterocycles. The summed E-state index contributed by atoms with van der Waals surface area (Å²) in [6, 6.07) is 1.89. The molecule has 0 aromatic carbocycles. The van der Waals surface area contributed by atoms with Gasteiger partial charge in [-0.1, -0.05) is 0 Å². The summed E-state index contributed by atoms with van der Waals surface area (Å²) in [4.78, 5) is 1.51. The molecule has 0 aliphatic carbocycles. The quantitative estimate of drug-likeness (QED) is 0.685. The van der Waals surface area contributed by atoms with Crippen molar-refractivity contribution in [3.8, 4) is 5.69 Å². The average Bonchev–Trinajstić information content (AvgIpc) is 2.55. The van der Waals surface area contributed by atoms with Crippen LogP contribution in [0.1, 0.15) is 0 Å². The number of hydrogen-bond donors (Lipinski definition) is 1. The van der Waals surface area contributed by atoms with Gasteiger partial charge in [0.15, 0.2) is 0 Å². The van der Waals surface area contributed by atoms with E-state index in [1.807, 2.05) is 11.4 Å². The summed E-state index contributed by atoms with van der Waals surface area (Å²) >= 11 is 1.48. The summed E-state index contributed by atoms with van der Waals surface area (Å²) in [6.45, 7) is 0. The average molecular weight is 166 g/mol. The first-order valence-corrected chi connectivity index (χ1v) is 3.95. The highest BCUT2D eigenvalue weighted by atomic mass is 32.1. The Labute approximate surface area is 67.3 Å². The number of aromatic nitrogens is 3. The maximum absolute atomic E-state index is 5.65. The van der Waals surface area contributed by atoms with Crippen molar-refractivity contribution in [2.75, 3.05) is 5.73 Å². The standard InChI is InChI=1S/C6H6N4S/c7-6-5(1-4-11-6)10-8-2-3-9-10/h1-4H,7H2. The van der Waals surface area contributed by atoms with Crippen LogP contribution in [0.5, 0.6) is 0 Å². The largest absolute Gasteiger partial charge is 0.389 e. The zero-order chi connectivity index (χ0) is 7.68. The lowest BCUT2D eigenvalue weighted by molar-refractivity contribution is 0.756. The lowest BCUT2D eigenvalue weighted by atomic mass is 10.5. The van der Waals surface area contributed by atoms with Crippen LogP contribution in [0, 0.1) is 0 Å². The van der Waals surface area contributed by atoms with Gasteiger partial charge in [-0.05, 0) is 11.4 Å². The van der Waals surface area contributed by atoms with Crippen LogP contribution in [-0.2, 0) is 0 Å². The second-order valence-electron chi connectivity index (χ2n) is 1.99. The molecule has 0 bridgehead atoms. The number of nitrogen functional groups attached to an aromatic ring is 1. The Balaban J connectivity index is 2.53. The first-order chi connectivity index (χ1) is 5.38. The van der Waals surface area contributed by atoms with Gasteiger partial charge in [0.25, 0.3) is 0 Å². The molecular weight excluding hydrogens is 160 g/mol. The first-order valence-electron chi connectivity index (χ1n) is 3.07. The van der Waals surface area contributed by atoms with Crippen LogP contribution in [0.3, 0.4) is 0 Å². The number of anilines is 1. The van der Waals surface area contributed by atoms with Gasteiger partial charge in [-0.25, -0.2) is 0 Å². The van der Waals surface area contributed by atoms with Crippen molar-refractivity contribution in [2.45, 2.75) is 0 Å². The van der Waals surface area contributed by atoms with E-state index >= 15 is 0 Å². The molecule has 0 unspecified atom stereocenters.